The largest absolute Gasteiger partial charge is 0.508 e. The molecule has 0 atom stereocenters. The maximum atomic E-state index is 12.7. The first-order chi connectivity index (χ1) is 12.9. The molecule has 6 nitrogen and oxygen atoms in total. The van der Waals surface area contributed by atoms with Gasteiger partial charge < -0.3 is 14.9 Å². The van der Waals surface area contributed by atoms with Gasteiger partial charge in [-0.3, -0.25) is 14.5 Å². The lowest BCUT2D eigenvalue weighted by atomic mass is 10.2. The summed E-state index contributed by atoms with van der Waals surface area (Å²) in [6.07, 6.45) is 1.66. The zero-order valence-corrected chi connectivity index (χ0v) is 15.6. The first-order valence-electron chi connectivity index (χ1n) is 7.96. The number of ether oxygens (including phenoxy) is 1. The van der Waals surface area contributed by atoms with E-state index < -0.39 is 5.97 Å². The van der Waals surface area contributed by atoms with Gasteiger partial charge in [0.2, 0.25) is 0 Å². The summed E-state index contributed by atoms with van der Waals surface area (Å²) in [5, 5.41) is 18.2. The molecule has 1 aliphatic rings. The van der Waals surface area contributed by atoms with E-state index in [0.29, 0.717) is 20.7 Å². The number of carboxylic acids is 1. The van der Waals surface area contributed by atoms with Crippen molar-refractivity contribution in [3.8, 4) is 11.5 Å². The van der Waals surface area contributed by atoms with Gasteiger partial charge in [0.25, 0.3) is 5.91 Å². The van der Waals surface area contributed by atoms with Crippen LogP contribution in [0.1, 0.15) is 12.0 Å². The SMILES string of the molecule is O=C(O)CCOc1ccc(/C=C2/SC(=S)N(c3cccc(O)c3)C2=O)cc1. The maximum absolute atomic E-state index is 12.7. The van der Waals surface area contributed by atoms with Gasteiger partial charge in [0.15, 0.2) is 4.32 Å². The van der Waals surface area contributed by atoms with Gasteiger partial charge in [0.05, 0.1) is 23.6 Å². The summed E-state index contributed by atoms with van der Waals surface area (Å²) in [4.78, 5) is 25.0. The molecule has 0 radical (unpaired) electrons. The fraction of sp³-hybridized carbons (Fsp3) is 0.105. The minimum absolute atomic E-state index is 0.0593. The molecule has 2 aromatic carbocycles. The summed E-state index contributed by atoms with van der Waals surface area (Å²) >= 11 is 6.49. The number of phenols is 1. The number of benzene rings is 2. The third-order valence-corrected chi connectivity index (χ3v) is 4.95. The normalized spacial score (nSPS) is 15.4. The van der Waals surface area contributed by atoms with Gasteiger partial charge in [-0.05, 0) is 35.9 Å². The number of anilines is 1. The van der Waals surface area contributed by atoms with Crippen molar-refractivity contribution in [3.05, 3.63) is 59.0 Å². The molecule has 0 saturated carbocycles. The molecular formula is C19H15NO5S2. The second-order valence-electron chi connectivity index (χ2n) is 5.60. The number of phenolic OH excluding ortho intramolecular Hbond substituents is 1. The summed E-state index contributed by atoms with van der Waals surface area (Å²) < 4.78 is 5.73. The van der Waals surface area contributed by atoms with E-state index in [1.54, 1.807) is 42.5 Å². The molecule has 138 valence electrons. The number of aromatic hydroxyl groups is 1. The average Bonchev–Trinajstić information content (AvgIpc) is 2.89. The number of hydrogen-bond acceptors (Lipinski definition) is 6. The maximum Gasteiger partial charge on any atom is 0.306 e. The van der Waals surface area contributed by atoms with Gasteiger partial charge >= 0.3 is 5.97 Å². The lowest BCUT2D eigenvalue weighted by Gasteiger charge is -2.14. The predicted molar refractivity (Wildman–Crippen MR) is 108 cm³/mol. The Hall–Kier alpha value is -2.84. The minimum Gasteiger partial charge on any atom is -0.508 e. The Morgan fingerprint density at radius 1 is 1.22 bits per heavy atom. The van der Waals surface area contributed by atoms with Gasteiger partial charge in [-0.15, -0.1) is 0 Å². The van der Waals surface area contributed by atoms with Crippen LogP contribution >= 0.6 is 24.0 Å². The number of carbonyl (C=O) groups excluding carboxylic acids is 1. The van der Waals surface area contributed by atoms with Crippen LogP contribution in [-0.4, -0.2) is 33.0 Å². The molecule has 1 amide bonds. The lowest BCUT2D eigenvalue weighted by Crippen LogP contribution is -2.27. The highest BCUT2D eigenvalue weighted by molar-refractivity contribution is 8.27. The van der Waals surface area contributed by atoms with Crippen LogP contribution in [0.25, 0.3) is 6.08 Å². The number of amides is 1. The number of nitrogens with zero attached hydrogens (tertiary/aromatic N) is 1. The Balaban J connectivity index is 1.73. The fourth-order valence-corrected chi connectivity index (χ4v) is 3.69. The van der Waals surface area contributed by atoms with Crippen molar-refractivity contribution in [2.24, 2.45) is 0 Å². The predicted octanol–water partition coefficient (Wildman–Crippen LogP) is 3.65. The van der Waals surface area contributed by atoms with Crippen LogP contribution in [0, 0.1) is 0 Å². The van der Waals surface area contributed by atoms with Crippen LogP contribution in [0.3, 0.4) is 0 Å². The third-order valence-electron chi connectivity index (χ3n) is 3.64. The van der Waals surface area contributed by atoms with Crippen LogP contribution in [0.15, 0.2) is 53.4 Å². The number of carboxylic acid groups (broad SMARTS) is 1. The van der Waals surface area contributed by atoms with Crippen LogP contribution < -0.4 is 9.64 Å². The molecule has 0 unspecified atom stereocenters. The first kappa shape index (κ1) is 18.9. The van der Waals surface area contributed by atoms with Crippen molar-refractivity contribution < 1.29 is 24.5 Å². The number of hydrogen-bond donors (Lipinski definition) is 2. The Bertz CT molecular complexity index is 924. The number of aliphatic carboxylic acids is 1. The molecule has 27 heavy (non-hydrogen) atoms. The van der Waals surface area contributed by atoms with Gasteiger partial charge in [0, 0.05) is 6.07 Å². The van der Waals surface area contributed by atoms with Gasteiger partial charge in [-0.1, -0.05) is 42.2 Å². The molecule has 8 heteroatoms. The molecule has 2 N–H and O–H groups in total. The van der Waals surface area contributed by atoms with E-state index in [4.69, 9.17) is 22.1 Å². The molecule has 1 saturated heterocycles. The van der Waals surface area contributed by atoms with Crippen LogP contribution in [-0.2, 0) is 9.59 Å². The van der Waals surface area contributed by atoms with Gasteiger partial charge in [-0.2, -0.15) is 0 Å². The highest BCUT2D eigenvalue weighted by atomic mass is 32.2. The molecule has 3 rings (SSSR count). The summed E-state index contributed by atoms with van der Waals surface area (Å²) in [6.45, 7) is 0.0945. The molecular weight excluding hydrogens is 386 g/mol. The number of carbonyl (C=O) groups is 2. The lowest BCUT2D eigenvalue weighted by molar-refractivity contribution is -0.137. The van der Waals surface area contributed by atoms with Crippen molar-refractivity contribution in [2.45, 2.75) is 6.42 Å². The van der Waals surface area contributed by atoms with E-state index in [1.165, 1.54) is 28.8 Å². The molecule has 0 aromatic heterocycles. The highest BCUT2D eigenvalue weighted by Crippen LogP contribution is 2.36. The molecule has 0 spiro atoms. The van der Waals surface area contributed by atoms with Gasteiger partial charge in [-0.25, -0.2) is 0 Å². The molecule has 0 bridgehead atoms. The van der Waals surface area contributed by atoms with E-state index in [-0.39, 0.29) is 24.7 Å². The molecule has 2 aromatic rings. The molecule has 1 heterocycles. The quantitative estimate of drug-likeness (QED) is 0.564. The number of thioether (sulfide) groups is 1. The average molecular weight is 401 g/mol. The topological polar surface area (TPSA) is 87.1 Å². The summed E-state index contributed by atoms with van der Waals surface area (Å²) in [7, 11) is 0. The molecule has 0 aliphatic carbocycles. The number of thiocarbonyl (C=S) groups is 1. The minimum atomic E-state index is -0.916. The van der Waals surface area contributed by atoms with Gasteiger partial charge in [0.1, 0.15) is 11.5 Å². The summed E-state index contributed by atoms with van der Waals surface area (Å²) in [5.74, 6) is -0.553. The van der Waals surface area contributed by atoms with E-state index >= 15 is 0 Å². The summed E-state index contributed by atoms with van der Waals surface area (Å²) in [5.41, 5.74) is 1.31. The Kier molecular flexibility index (Phi) is 5.78. The zero-order chi connectivity index (χ0) is 19.4. The molecule has 1 fully saturated rings. The van der Waals surface area contributed by atoms with Crippen LogP contribution in [0.2, 0.25) is 0 Å². The van der Waals surface area contributed by atoms with Crippen molar-refractivity contribution in [2.75, 3.05) is 11.5 Å². The van der Waals surface area contributed by atoms with E-state index in [2.05, 4.69) is 0 Å². The first-order valence-corrected chi connectivity index (χ1v) is 9.18. The van der Waals surface area contributed by atoms with Crippen molar-refractivity contribution in [1.29, 1.82) is 0 Å². The van der Waals surface area contributed by atoms with E-state index in [1.807, 2.05) is 0 Å². The van der Waals surface area contributed by atoms with Crippen LogP contribution in [0.4, 0.5) is 5.69 Å². The third kappa shape index (κ3) is 4.66. The monoisotopic (exact) mass is 401 g/mol. The second kappa shape index (κ2) is 8.24. The number of rotatable bonds is 6. The van der Waals surface area contributed by atoms with E-state index in [9.17, 15) is 14.7 Å². The zero-order valence-electron chi connectivity index (χ0n) is 14.0. The molecule has 1 aliphatic heterocycles. The standard InChI is InChI=1S/C19H15NO5S2/c21-14-3-1-2-13(11-14)20-18(24)16(27-19(20)26)10-12-4-6-15(7-5-12)25-9-8-17(22)23/h1-7,10-11,21H,8-9H2,(H,22,23)/b16-10+. The summed E-state index contributed by atoms with van der Waals surface area (Å²) in [6, 6.07) is 13.3. The Morgan fingerprint density at radius 3 is 2.63 bits per heavy atom. The van der Waals surface area contributed by atoms with Crippen LogP contribution in [0.5, 0.6) is 11.5 Å². The highest BCUT2D eigenvalue weighted by Gasteiger charge is 2.33. The van der Waals surface area contributed by atoms with E-state index in [0.717, 1.165) is 5.56 Å². The fourth-order valence-electron chi connectivity index (χ4n) is 2.39. The smallest absolute Gasteiger partial charge is 0.306 e. The Labute approximate surface area is 165 Å². The Morgan fingerprint density at radius 2 is 1.96 bits per heavy atom. The second-order valence-corrected chi connectivity index (χ2v) is 7.27. The van der Waals surface area contributed by atoms with Crippen molar-refractivity contribution in [1.82, 2.24) is 0 Å². The van der Waals surface area contributed by atoms with Crippen molar-refractivity contribution >= 4 is 51.9 Å². The van der Waals surface area contributed by atoms with Crippen molar-refractivity contribution in [3.63, 3.8) is 0 Å².